The minimum atomic E-state index is -0.344. The van der Waals surface area contributed by atoms with Crippen LogP contribution >= 0.6 is 15.9 Å². The summed E-state index contributed by atoms with van der Waals surface area (Å²) < 4.78 is 7.15. The van der Waals surface area contributed by atoms with Crippen LogP contribution in [0.2, 0.25) is 0 Å². The molecule has 0 saturated carbocycles. The summed E-state index contributed by atoms with van der Waals surface area (Å²) in [7, 11) is 0. The summed E-state index contributed by atoms with van der Waals surface area (Å²) in [6, 6.07) is 5.06. The minimum absolute atomic E-state index is 0.147. The molecule has 0 bridgehead atoms. The zero-order valence-corrected chi connectivity index (χ0v) is 12.5. The zero-order chi connectivity index (χ0) is 14.0. The van der Waals surface area contributed by atoms with Crippen molar-refractivity contribution in [3.63, 3.8) is 0 Å². The van der Waals surface area contributed by atoms with Crippen molar-refractivity contribution in [3.05, 3.63) is 29.5 Å². The third-order valence-electron chi connectivity index (χ3n) is 3.09. The lowest BCUT2D eigenvalue weighted by molar-refractivity contribution is 0.0527. The van der Waals surface area contributed by atoms with Gasteiger partial charge >= 0.3 is 5.97 Å². The lowest BCUT2D eigenvalue weighted by Gasteiger charge is -2.06. The number of benzene rings is 1. The molecule has 0 aliphatic carbocycles. The van der Waals surface area contributed by atoms with E-state index in [-0.39, 0.29) is 11.7 Å². The van der Waals surface area contributed by atoms with Crippen molar-refractivity contribution >= 4 is 32.8 Å². The highest BCUT2D eigenvalue weighted by Crippen LogP contribution is 2.29. The van der Waals surface area contributed by atoms with Crippen LogP contribution in [0.15, 0.2) is 18.2 Å². The van der Waals surface area contributed by atoms with Gasteiger partial charge in [-0.1, -0.05) is 15.9 Å². The Hall–Kier alpha value is -1.49. The lowest BCUT2D eigenvalue weighted by atomic mass is 10.1. The van der Waals surface area contributed by atoms with Gasteiger partial charge in [-0.25, -0.2) is 4.79 Å². The molecule has 5 heteroatoms. The van der Waals surface area contributed by atoms with Crippen LogP contribution in [-0.2, 0) is 11.3 Å². The third kappa shape index (κ3) is 2.47. The summed E-state index contributed by atoms with van der Waals surface area (Å²) in [4.78, 5) is 12.1. The minimum Gasteiger partial charge on any atom is -0.508 e. The first-order valence-electron chi connectivity index (χ1n) is 6.15. The smallest absolute Gasteiger partial charge is 0.340 e. The topological polar surface area (TPSA) is 51.5 Å². The Bertz CT molecular complexity index is 619. The Morgan fingerprint density at radius 2 is 2.21 bits per heavy atom. The highest BCUT2D eigenvalue weighted by atomic mass is 79.9. The maximum atomic E-state index is 12.1. The van der Waals surface area contributed by atoms with Crippen LogP contribution in [0.5, 0.6) is 5.75 Å². The second-order valence-electron chi connectivity index (χ2n) is 4.22. The van der Waals surface area contributed by atoms with Gasteiger partial charge in [-0.2, -0.15) is 0 Å². The number of alkyl halides is 1. The fourth-order valence-electron chi connectivity index (χ4n) is 2.30. The first-order valence-corrected chi connectivity index (χ1v) is 7.27. The molecular formula is C14H16BrNO3. The molecule has 0 spiro atoms. The Kier molecular flexibility index (Phi) is 4.14. The molecule has 2 rings (SSSR count). The van der Waals surface area contributed by atoms with E-state index in [1.807, 2.05) is 13.0 Å². The molecule has 1 aromatic carbocycles. The average molecular weight is 326 g/mol. The molecule has 4 nitrogen and oxygen atoms in total. The van der Waals surface area contributed by atoms with Crippen LogP contribution in [-0.4, -0.2) is 27.6 Å². The molecule has 0 radical (unpaired) electrons. The number of nitrogens with zero attached hydrogens (tertiary/aromatic N) is 1. The molecule has 0 aliphatic heterocycles. The van der Waals surface area contributed by atoms with Crippen molar-refractivity contribution in [3.8, 4) is 5.75 Å². The fraction of sp³-hybridized carbons (Fsp3) is 0.357. The van der Waals surface area contributed by atoms with Crippen molar-refractivity contribution in [2.45, 2.75) is 20.4 Å². The summed E-state index contributed by atoms with van der Waals surface area (Å²) in [5.41, 5.74) is 2.32. The second-order valence-corrected chi connectivity index (χ2v) is 5.02. The van der Waals surface area contributed by atoms with Crippen molar-refractivity contribution in [1.82, 2.24) is 4.57 Å². The molecule has 0 saturated heterocycles. The second kappa shape index (κ2) is 5.65. The number of aryl methyl sites for hydroxylation is 1. The number of aromatic nitrogens is 1. The Labute approximate surface area is 120 Å². The van der Waals surface area contributed by atoms with Gasteiger partial charge in [-0.05, 0) is 32.0 Å². The number of hydrogen-bond acceptors (Lipinski definition) is 3. The van der Waals surface area contributed by atoms with Gasteiger partial charge < -0.3 is 14.4 Å². The summed E-state index contributed by atoms with van der Waals surface area (Å²) >= 11 is 3.41. The normalized spacial score (nSPS) is 10.9. The Morgan fingerprint density at radius 3 is 2.84 bits per heavy atom. The zero-order valence-electron chi connectivity index (χ0n) is 10.9. The van der Waals surface area contributed by atoms with E-state index in [0.29, 0.717) is 12.2 Å². The predicted molar refractivity (Wildman–Crippen MR) is 78.1 cm³/mol. The standard InChI is InChI=1S/C14H16BrNO3/c1-3-19-14(18)13-9(2)16(7-6-15)12-5-4-10(17)8-11(12)13/h4-5,8,17H,3,6-7H2,1-2H3. The quantitative estimate of drug-likeness (QED) is 0.693. The van der Waals surface area contributed by atoms with E-state index in [1.165, 1.54) is 0 Å². The molecule has 1 heterocycles. The molecule has 0 unspecified atom stereocenters. The van der Waals surface area contributed by atoms with E-state index < -0.39 is 0 Å². The molecule has 0 amide bonds. The monoisotopic (exact) mass is 325 g/mol. The van der Waals surface area contributed by atoms with Gasteiger partial charge in [0.1, 0.15) is 5.75 Å². The number of fused-ring (bicyclic) bond motifs is 1. The number of phenols is 1. The number of ether oxygens (including phenoxy) is 1. The maximum absolute atomic E-state index is 12.1. The lowest BCUT2D eigenvalue weighted by Crippen LogP contribution is -2.08. The highest BCUT2D eigenvalue weighted by Gasteiger charge is 2.20. The molecule has 19 heavy (non-hydrogen) atoms. The van der Waals surface area contributed by atoms with Crippen molar-refractivity contribution in [1.29, 1.82) is 0 Å². The van der Waals surface area contributed by atoms with Crippen molar-refractivity contribution < 1.29 is 14.6 Å². The van der Waals surface area contributed by atoms with Crippen LogP contribution < -0.4 is 0 Å². The molecular weight excluding hydrogens is 310 g/mol. The molecule has 102 valence electrons. The van der Waals surface area contributed by atoms with E-state index >= 15 is 0 Å². The molecule has 0 atom stereocenters. The third-order valence-corrected chi connectivity index (χ3v) is 3.45. The van der Waals surface area contributed by atoms with E-state index in [2.05, 4.69) is 20.5 Å². The van der Waals surface area contributed by atoms with E-state index in [4.69, 9.17) is 4.74 Å². The fourth-order valence-corrected chi connectivity index (χ4v) is 2.66. The molecule has 1 aromatic heterocycles. The number of rotatable bonds is 4. The van der Waals surface area contributed by atoms with Gasteiger partial charge in [0.25, 0.3) is 0 Å². The summed E-state index contributed by atoms with van der Waals surface area (Å²) in [5, 5.41) is 11.2. The van der Waals surface area contributed by atoms with Gasteiger partial charge in [-0.15, -0.1) is 0 Å². The average Bonchev–Trinajstić information content (AvgIpc) is 2.63. The first-order chi connectivity index (χ1) is 9.10. The van der Waals surface area contributed by atoms with E-state index in [9.17, 15) is 9.90 Å². The Morgan fingerprint density at radius 1 is 1.47 bits per heavy atom. The van der Waals surface area contributed by atoms with Gasteiger partial charge in [0.15, 0.2) is 0 Å². The molecule has 2 aromatic rings. The number of esters is 1. The van der Waals surface area contributed by atoms with Gasteiger partial charge in [0.2, 0.25) is 0 Å². The molecule has 1 N–H and O–H groups in total. The van der Waals surface area contributed by atoms with Crippen molar-refractivity contribution in [2.24, 2.45) is 0 Å². The van der Waals surface area contributed by atoms with Crippen LogP contribution in [0.1, 0.15) is 23.0 Å². The van der Waals surface area contributed by atoms with E-state index in [1.54, 1.807) is 19.1 Å². The molecule has 0 fully saturated rings. The number of hydrogen-bond donors (Lipinski definition) is 1. The Balaban J connectivity index is 2.70. The number of carbonyl (C=O) groups excluding carboxylic acids is 1. The molecule has 0 aliphatic rings. The van der Waals surface area contributed by atoms with Gasteiger partial charge in [-0.3, -0.25) is 0 Å². The first kappa shape index (κ1) is 13.9. The van der Waals surface area contributed by atoms with Crippen LogP contribution in [0, 0.1) is 6.92 Å². The van der Waals surface area contributed by atoms with Gasteiger partial charge in [0, 0.05) is 28.5 Å². The number of aromatic hydroxyl groups is 1. The van der Waals surface area contributed by atoms with Crippen LogP contribution in [0.25, 0.3) is 10.9 Å². The van der Waals surface area contributed by atoms with Crippen molar-refractivity contribution in [2.75, 3.05) is 11.9 Å². The van der Waals surface area contributed by atoms with E-state index in [0.717, 1.165) is 28.5 Å². The predicted octanol–water partition coefficient (Wildman–Crippen LogP) is 3.23. The van der Waals surface area contributed by atoms with Gasteiger partial charge in [0.05, 0.1) is 12.2 Å². The largest absolute Gasteiger partial charge is 0.508 e. The summed E-state index contributed by atoms with van der Waals surface area (Å²) in [6.45, 7) is 4.77. The highest BCUT2D eigenvalue weighted by molar-refractivity contribution is 9.09. The number of carbonyl (C=O) groups is 1. The maximum Gasteiger partial charge on any atom is 0.340 e. The van der Waals surface area contributed by atoms with Crippen LogP contribution in [0.4, 0.5) is 0 Å². The number of phenolic OH excluding ortho intramolecular Hbond substituents is 1. The SMILES string of the molecule is CCOC(=O)c1c(C)n(CCBr)c2ccc(O)cc12. The summed E-state index contributed by atoms with van der Waals surface area (Å²) in [5.74, 6) is -0.196. The van der Waals surface area contributed by atoms with Crippen LogP contribution in [0.3, 0.4) is 0 Å². The summed E-state index contributed by atoms with van der Waals surface area (Å²) in [6.07, 6.45) is 0. The number of halogens is 1.